The standard InChI is InChI=1S/C12H18N2/c1-2-12(6-4-3-5-7-12)11-8-13-10-14-9-11/h8-10H,2-7H2,1H3. The monoisotopic (exact) mass is 190 g/mol. The minimum absolute atomic E-state index is 0.388. The number of hydrogen-bond acceptors (Lipinski definition) is 2. The van der Waals surface area contributed by atoms with Crippen molar-refractivity contribution in [2.45, 2.75) is 50.9 Å². The highest BCUT2D eigenvalue weighted by Gasteiger charge is 2.32. The Hall–Kier alpha value is -0.920. The van der Waals surface area contributed by atoms with Crippen LogP contribution < -0.4 is 0 Å². The van der Waals surface area contributed by atoms with Crippen LogP contribution in [0.25, 0.3) is 0 Å². The van der Waals surface area contributed by atoms with Crippen LogP contribution in [-0.2, 0) is 5.41 Å². The van der Waals surface area contributed by atoms with Gasteiger partial charge < -0.3 is 0 Å². The van der Waals surface area contributed by atoms with E-state index in [1.54, 1.807) is 6.33 Å². The fourth-order valence-corrected chi connectivity index (χ4v) is 2.65. The van der Waals surface area contributed by atoms with Crippen molar-refractivity contribution >= 4 is 0 Å². The molecule has 0 amide bonds. The summed E-state index contributed by atoms with van der Waals surface area (Å²) in [7, 11) is 0. The Morgan fingerprint density at radius 2 is 1.79 bits per heavy atom. The van der Waals surface area contributed by atoms with Gasteiger partial charge in [0.1, 0.15) is 6.33 Å². The molecule has 0 saturated heterocycles. The van der Waals surface area contributed by atoms with Gasteiger partial charge in [-0.05, 0) is 30.2 Å². The van der Waals surface area contributed by atoms with Crippen molar-refractivity contribution in [3.8, 4) is 0 Å². The van der Waals surface area contributed by atoms with E-state index in [-0.39, 0.29) is 0 Å². The minimum atomic E-state index is 0.388. The predicted molar refractivity (Wildman–Crippen MR) is 57.1 cm³/mol. The SMILES string of the molecule is CCC1(c2cncnc2)CCCCC1. The van der Waals surface area contributed by atoms with E-state index in [1.807, 2.05) is 12.4 Å². The zero-order valence-electron chi connectivity index (χ0n) is 8.87. The molecule has 1 fully saturated rings. The van der Waals surface area contributed by atoms with Crippen LogP contribution >= 0.6 is 0 Å². The van der Waals surface area contributed by atoms with E-state index in [0.29, 0.717) is 5.41 Å². The second-order valence-electron chi connectivity index (χ2n) is 4.32. The van der Waals surface area contributed by atoms with Crippen LogP contribution in [0.1, 0.15) is 51.0 Å². The van der Waals surface area contributed by atoms with Crippen LogP contribution in [0.4, 0.5) is 0 Å². The van der Waals surface area contributed by atoms with Gasteiger partial charge in [0, 0.05) is 12.4 Å². The lowest BCUT2D eigenvalue weighted by Crippen LogP contribution is -2.28. The molecule has 1 aliphatic rings. The molecule has 2 heteroatoms. The summed E-state index contributed by atoms with van der Waals surface area (Å²) in [5.74, 6) is 0. The van der Waals surface area contributed by atoms with Gasteiger partial charge in [-0.1, -0.05) is 26.2 Å². The molecule has 0 aromatic carbocycles. The Bertz CT molecular complexity index is 276. The van der Waals surface area contributed by atoms with Gasteiger partial charge in [-0.15, -0.1) is 0 Å². The van der Waals surface area contributed by atoms with E-state index in [9.17, 15) is 0 Å². The molecule has 0 spiro atoms. The number of nitrogens with zero attached hydrogens (tertiary/aromatic N) is 2. The third kappa shape index (κ3) is 1.66. The second-order valence-corrected chi connectivity index (χ2v) is 4.32. The summed E-state index contributed by atoms with van der Waals surface area (Å²) in [5, 5.41) is 0. The Labute approximate surface area is 85.8 Å². The van der Waals surface area contributed by atoms with Crippen molar-refractivity contribution in [2.24, 2.45) is 0 Å². The molecular weight excluding hydrogens is 172 g/mol. The number of hydrogen-bond donors (Lipinski definition) is 0. The summed E-state index contributed by atoms with van der Waals surface area (Å²) in [5.41, 5.74) is 1.74. The molecule has 0 N–H and O–H groups in total. The highest BCUT2D eigenvalue weighted by Crippen LogP contribution is 2.41. The molecule has 2 nitrogen and oxygen atoms in total. The van der Waals surface area contributed by atoms with Crippen molar-refractivity contribution in [3.05, 3.63) is 24.3 Å². The first-order valence-electron chi connectivity index (χ1n) is 5.63. The lowest BCUT2D eigenvalue weighted by Gasteiger charge is -2.36. The maximum Gasteiger partial charge on any atom is 0.115 e. The smallest absolute Gasteiger partial charge is 0.115 e. The van der Waals surface area contributed by atoms with Gasteiger partial charge >= 0.3 is 0 Å². The van der Waals surface area contributed by atoms with E-state index in [4.69, 9.17) is 0 Å². The Morgan fingerprint density at radius 1 is 1.14 bits per heavy atom. The molecular formula is C12H18N2. The second kappa shape index (κ2) is 4.07. The molecule has 2 rings (SSSR count). The van der Waals surface area contributed by atoms with E-state index in [1.165, 1.54) is 44.1 Å². The van der Waals surface area contributed by atoms with E-state index in [2.05, 4.69) is 16.9 Å². The average molecular weight is 190 g/mol. The predicted octanol–water partition coefficient (Wildman–Crippen LogP) is 3.09. The van der Waals surface area contributed by atoms with Crippen LogP contribution in [0.5, 0.6) is 0 Å². The van der Waals surface area contributed by atoms with Crippen LogP contribution in [-0.4, -0.2) is 9.97 Å². The normalized spacial score (nSPS) is 20.6. The molecule has 1 aromatic heterocycles. The van der Waals surface area contributed by atoms with E-state index < -0.39 is 0 Å². The quantitative estimate of drug-likeness (QED) is 0.716. The van der Waals surface area contributed by atoms with Gasteiger partial charge in [-0.2, -0.15) is 0 Å². The molecule has 1 heterocycles. The molecule has 0 unspecified atom stereocenters. The largest absolute Gasteiger partial charge is 0.245 e. The summed E-state index contributed by atoms with van der Waals surface area (Å²) >= 11 is 0. The van der Waals surface area contributed by atoms with Crippen LogP contribution in [0, 0.1) is 0 Å². The minimum Gasteiger partial charge on any atom is -0.245 e. The summed E-state index contributed by atoms with van der Waals surface area (Å²) in [6.45, 7) is 2.29. The van der Waals surface area contributed by atoms with Gasteiger partial charge in [0.05, 0.1) is 0 Å². The van der Waals surface area contributed by atoms with Crippen LogP contribution in [0.2, 0.25) is 0 Å². The van der Waals surface area contributed by atoms with E-state index >= 15 is 0 Å². The summed E-state index contributed by atoms with van der Waals surface area (Å²) < 4.78 is 0. The molecule has 14 heavy (non-hydrogen) atoms. The van der Waals surface area contributed by atoms with Gasteiger partial charge in [0.25, 0.3) is 0 Å². The molecule has 76 valence electrons. The first kappa shape index (κ1) is 9.63. The fraction of sp³-hybridized carbons (Fsp3) is 0.667. The van der Waals surface area contributed by atoms with Crippen molar-refractivity contribution in [2.75, 3.05) is 0 Å². The molecule has 0 aliphatic heterocycles. The van der Waals surface area contributed by atoms with Gasteiger partial charge in [-0.3, -0.25) is 0 Å². The highest BCUT2D eigenvalue weighted by molar-refractivity contribution is 5.19. The molecule has 1 saturated carbocycles. The number of rotatable bonds is 2. The fourth-order valence-electron chi connectivity index (χ4n) is 2.65. The van der Waals surface area contributed by atoms with Crippen LogP contribution in [0.15, 0.2) is 18.7 Å². The summed E-state index contributed by atoms with van der Waals surface area (Å²) in [4.78, 5) is 8.28. The maximum atomic E-state index is 4.14. The van der Waals surface area contributed by atoms with E-state index in [0.717, 1.165) is 0 Å². The molecule has 1 aliphatic carbocycles. The first-order valence-corrected chi connectivity index (χ1v) is 5.63. The van der Waals surface area contributed by atoms with Gasteiger partial charge in [0.2, 0.25) is 0 Å². The Balaban J connectivity index is 2.27. The molecule has 0 atom stereocenters. The zero-order valence-corrected chi connectivity index (χ0v) is 8.87. The zero-order chi connectivity index (χ0) is 9.86. The van der Waals surface area contributed by atoms with Gasteiger partial charge in [-0.25, -0.2) is 9.97 Å². The van der Waals surface area contributed by atoms with Crippen molar-refractivity contribution in [1.29, 1.82) is 0 Å². The summed E-state index contributed by atoms with van der Waals surface area (Å²) in [6.07, 6.45) is 13.6. The van der Waals surface area contributed by atoms with Crippen molar-refractivity contribution in [1.82, 2.24) is 9.97 Å². The van der Waals surface area contributed by atoms with Crippen LogP contribution in [0.3, 0.4) is 0 Å². The van der Waals surface area contributed by atoms with Crippen molar-refractivity contribution < 1.29 is 0 Å². The van der Waals surface area contributed by atoms with Gasteiger partial charge in [0.15, 0.2) is 0 Å². The average Bonchev–Trinajstić information content (AvgIpc) is 2.31. The lowest BCUT2D eigenvalue weighted by atomic mass is 9.68. The molecule has 0 radical (unpaired) electrons. The first-order chi connectivity index (χ1) is 6.87. The molecule has 1 aromatic rings. The third-order valence-electron chi connectivity index (χ3n) is 3.66. The Kier molecular flexibility index (Phi) is 2.80. The lowest BCUT2D eigenvalue weighted by molar-refractivity contribution is 0.282. The summed E-state index contributed by atoms with van der Waals surface area (Å²) in [6, 6.07) is 0. The topological polar surface area (TPSA) is 25.8 Å². The molecule has 0 bridgehead atoms. The maximum absolute atomic E-state index is 4.14. The highest BCUT2D eigenvalue weighted by atomic mass is 14.8. The van der Waals surface area contributed by atoms with Crippen molar-refractivity contribution in [3.63, 3.8) is 0 Å². The third-order valence-corrected chi connectivity index (χ3v) is 3.66. The number of aromatic nitrogens is 2. The Morgan fingerprint density at radius 3 is 2.36 bits per heavy atom.